The molecule has 4 aromatic rings. The molecular formula is C24H21N5OPt. The number of aryl methyl sites for hydroxylation is 3. The largest absolute Gasteiger partial charge is 2.00 e. The molecular weight excluding hydrogens is 569 g/mol. The first kappa shape index (κ1) is 20.1. The van der Waals surface area contributed by atoms with E-state index in [1.165, 1.54) is 11.1 Å². The summed E-state index contributed by atoms with van der Waals surface area (Å²) >= 11 is 0. The molecule has 2 aliphatic heterocycles. The molecule has 0 bridgehead atoms. The molecule has 0 N–H and O–H groups in total. The average Bonchev–Trinajstić information content (AvgIpc) is 3.36. The van der Waals surface area contributed by atoms with Crippen LogP contribution in [0.5, 0.6) is 11.5 Å². The molecule has 31 heavy (non-hydrogen) atoms. The van der Waals surface area contributed by atoms with Gasteiger partial charge in [0.25, 0.3) is 0 Å². The Hall–Kier alpha value is -2.85. The first-order valence-corrected chi connectivity index (χ1v) is 10.1. The van der Waals surface area contributed by atoms with Crippen molar-refractivity contribution < 1.29 is 25.8 Å². The Morgan fingerprint density at radius 3 is 2.32 bits per heavy atom. The summed E-state index contributed by atoms with van der Waals surface area (Å²) in [7, 11) is 2.09. The van der Waals surface area contributed by atoms with Crippen molar-refractivity contribution in [3.05, 3.63) is 65.7 Å². The van der Waals surface area contributed by atoms with Crippen molar-refractivity contribution in [2.24, 2.45) is 0 Å². The van der Waals surface area contributed by atoms with Gasteiger partial charge in [0, 0.05) is 42.8 Å². The molecule has 6 rings (SSSR count). The predicted octanol–water partition coefficient (Wildman–Crippen LogP) is 4.38. The number of benzene rings is 2. The molecule has 0 atom stereocenters. The Morgan fingerprint density at radius 1 is 0.903 bits per heavy atom. The Bertz CT molecular complexity index is 1310. The van der Waals surface area contributed by atoms with E-state index in [2.05, 4.69) is 63.1 Å². The smallest absolute Gasteiger partial charge is 0.497 e. The van der Waals surface area contributed by atoms with Crippen molar-refractivity contribution in [1.82, 2.24) is 19.1 Å². The van der Waals surface area contributed by atoms with E-state index in [0.29, 0.717) is 11.5 Å². The Balaban J connectivity index is 0.00000204. The summed E-state index contributed by atoms with van der Waals surface area (Å²) in [6, 6.07) is 11.0. The molecule has 158 valence electrons. The minimum absolute atomic E-state index is 0. The van der Waals surface area contributed by atoms with Gasteiger partial charge in [-0.3, -0.25) is 9.97 Å². The van der Waals surface area contributed by atoms with Crippen LogP contribution in [0.1, 0.15) is 16.7 Å². The normalized spacial score (nSPS) is 13.6. The van der Waals surface area contributed by atoms with E-state index in [0.717, 1.165) is 53.7 Å². The van der Waals surface area contributed by atoms with Crippen LogP contribution in [0.25, 0.3) is 22.8 Å². The van der Waals surface area contributed by atoms with Crippen LogP contribution in [-0.4, -0.2) is 26.1 Å². The molecule has 0 aliphatic carbocycles. The molecule has 2 aliphatic rings. The van der Waals surface area contributed by atoms with Crippen LogP contribution in [0.3, 0.4) is 0 Å². The molecule has 0 saturated heterocycles. The molecule has 2 aromatic heterocycles. The molecule has 2 aromatic carbocycles. The third-order valence-corrected chi connectivity index (χ3v) is 6.03. The number of aromatic nitrogens is 4. The van der Waals surface area contributed by atoms with Gasteiger partial charge in [0.1, 0.15) is 0 Å². The summed E-state index contributed by atoms with van der Waals surface area (Å²) in [5, 5.41) is 0. The van der Waals surface area contributed by atoms with Crippen molar-refractivity contribution in [2.75, 3.05) is 11.9 Å². The van der Waals surface area contributed by atoms with Gasteiger partial charge in [0.2, 0.25) is 0 Å². The van der Waals surface area contributed by atoms with Gasteiger partial charge in [0.15, 0.2) is 0 Å². The fourth-order valence-corrected chi connectivity index (χ4v) is 4.69. The average molecular weight is 591 g/mol. The fraction of sp³-hybridized carbons (Fsp3) is 0.250. The predicted molar refractivity (Wildman–Crippen MR) is 115 cm³/mol. The standard InChI is InChI=1S/C24H21N5O.Pt/c1-15-10-17(12-20-19(15)4-7-28-8-5-25-23(20)28)30-18-11-16(2)22-21(13-18)24-26-6-9-29(24)14-27(22)3;/h5-6,8-11H,4,7,14H2,1-3H3;/q-2;+2. The van der Waals surface area contributed by atoms with Gasteiger partial charge in [-0.2, -0.15) is 0 Å². The third-order valence-electron chi connectivity index (χ3n) is 6.03. The summed E-state index contributed by atoms with van der Waals surface area (Å²) in [5.41, 5.74) is 6.79. The van der Waals surface area contributed by atoms with Crippen LogP contribution in [0.2, 0.25) is 0 Å². The first-order valence-electron chi connectivity index (χ1n) is 10.1. The quantitative estimate of drug-likeness (QED) is 0.326. The van der Waals surface area contributed by atoms with Gasteiger partial charge in [-0.05, 0) is 19.2 Å². The molecule has 0 radical (unpaired) electrons. The van der Waals surface area contributed by atoms with E-state index >= 15 is 0 Å². The minimum Gasteiger partial charge on any atom is -0.497 e. The number of imidazole rings is 2. The Kier molecular flexibility index (Phi) is 4.78. The van der Waals surface area contributed by atoms with Crippen LogP contribution in [0.4, 0.5) is 5.69 Å². The van der Waals surface area contributed by atoms with Crippen LogP contribution in [0.15, 0.2) is 36.9 Å². The van der Waals surface area contributed by atoms with Crippen LogP contribution in [-0.2, 0) is 40.7 Å². The van der Waals surface area contributed by atoms with E-state index in [-0.39, 0.29) is 21.1 Å². The zero-order valence-corrected chi connectivity index (χ0v) is 19.8. The second-order valence-corrected chi connectivity index (χ2v) is 8.07. The van der Waals surface area contributed by atoms with E-state index in [4.69, 9.17) is 4.74 Å². The number of fused-ring (bicyclic) bond motifs is 6. The molecule has 0 fully saturated rings. The summed E-state index contributed by atoms with van der Waals surface area (Å²) in [6.45, 7) is 5.97. The monoisotopic (exact) mass is 590 g/mol. The topological polar surface area (TPSA) is 48.1 Å². The van der Waals surface area contributed by atoms with Gasteiger partial charge in [-0.25, -0.2) is 0 Å². The van der Waals surface area contributed by atoms with Crippen molar-refractivity contribution in [3.63, 3.8) is 0 Å². The van der Waals surface area contributed by atoms with E-state index < -0.39 is 0 Å². The van der Waals surface area contributed by atoms with Gasteiger partial charge >= 0.3 is 21.1 Å². The molecule has 0 unspecified atom stereocenters. The Morgan fingerprint density at radius 2 is 1.55 bits per heavy atom. The van der Waals surface area contributed by atoms with Crippen LogP contribution in [0, 0.1) is 26.0 Å². The number of ether oxygens (including phenoxy) is 1. The number of rotatable bonds is 2. The maximum atomic E-state index is 6.29. The van der Waals surface area contributed by atoms with Gasteiger partial charge in [-0.15, -0.1) is 22.3 Å². The first-order chi connectivity index (χ1) is 14.6. The van der Waals surface area contributed by atoms with Crippen LogP contribution >= 0.6 is 0 Å². The molecule has 0 saturated carbocycles. The number of hydrogen-bond donors (Lipinski definition) is 0. The van der Waals surface area contributed by atoms with E-state index in [1.807, 2.05) is 30.9 Å². The van der Waals surface area contributed by atoms with Gasteiger partial charge < -0.3 is 18.8 Å². The zero-order valence-electron chi connectivity index (χ0n) is 17.5. The molecule has 6 nitrogen and oxygen atoms in total. The van der Waals surface area contributed by atoms with Gasteiger partial charge in [0.05, 0.1) is 18.3 Å². The maximum absolute atomic E-state index is 6.29. The van der Waals surface area contributed by atoms with Crippen LogP contribution < -0.4 is 9.64 Å². The minimum atomic E-state index is 0. The van der Waals surface area contributed by atoms with Crippen molar-refractivity contribution in [1.29, 1.82) is 0 Å². The summed E-state index contributed by atoms with van der Waals surface area (Å²) in [6.07, 6.45) is 8.68. The van der Waals surface area contributed by atoms with Crippen molar-refractivity contribution >= 4 is 5.69 Å². The summed E-state index contributed by atoms with van der Waals surface area (Å²) in [5.74, 6) is 3.24. The van der Waals surface area contributed by atoms with Crippen molar-refractivity contribution in [2.45, 2.75) is 33.5 Å². The zero-order chi connectivity index (χ0) is 20.4. The SMILES string of the molecule is Cc1cc(Oc2[c-]c3c(c(C)c2)N(C)Cn2ccnc2-3)[c-]c2c1CCn1ccnc1-2.[Pt+2]. The third kappa shape index (κ3) is 3.12. The summed E-state index contributed by atoms with van der Waals surface area (Å²) in [4.78, 5) is 11.3. The van der Waals surface area contributed by atoms with E-state index in [1.54, 1.807) is 0 Å². The molecule has 0 spiro atoms. The molecule has 4 heterocycles. The van der Waals surface area contributed by atoms with Crippen molar-refractivity contribution in [3.8, 4) is 34.3 Å². The van der Waals surface area contributed by atoms with E-state index in [9.17, 15) is 0 Å². The second-order valence-electron chi connectivity index (χ2n) is 8.07. The van der Waals surface area contributed by atoms with Gasteiger partial charge in [-0.1, -0.05) is 43.7 Å². The number of anilines is 1. The second kappa shape index (κ2) is 7.38. The molecule has 0 amide bonds. The summed E-state index contributed by atoms with van der Waals surface area (Å²) < 4.78 is 10.6. The maximum Gasteiger partial charge on any atom is 2.00 e. The fourth-order valence-electron chi connectivity index (χ4n) is 4.69. The Labute approximate surface area is 195 Å². The molecule has 7 heteroatoms. The number of hydrogen-bond acceptors (Lipinski definition) is 4. The number of nitrogens with zero attached hydrogens (tertiary/aromatic N) is 5.